The summed E-state index contributed by atoms with van der Waals surface area (Å²) in [6.45, 7) is 9.20. The third kappa shape index (κ3) is 4.45. The maximum Gasteiger partial charge on any atom is 0.309 e. The molecule has 2 aromatic rings. The van der Waals surface area contributed by atoms with Crippen molar-refractivity contribution in [3.63, 3.8) is 0 Å². The highest BCUT2D eigenvalue weighted by molar-refractivity contribution is 7.17. The predicted octanol–water partition coefficient (Wildman–Crippen LogP) is 4.91. The average Bonchev–Trinajstić information content (AvgIpc) is 2.86. The van der Waals surface area contributed by atoms with Crippen molar-refractivity contribution in [1.82, 2.24) is 0 Å². The SMILES string of the molecule is [2H]N1C(=O)[C@H](CC(=O)OC(C)(C)C)N=C(c2ccc(Cl)cc2)c2c1sc(C)c2C. The van der Waals surface area contributed by atoms with Crippen LogP contribution in [0.5, 0.6) is 0 Å². The molecule has 0 aliphatic carbocycles. The minimum absolute atomic E-state index is 0.227. The van der Waals surface area contributed by atoms with Crippen LogP contribution in [0, 0.1) is 13.8 Å². The van der Waals surface area contributed by atoms with Crippen LogP contribution >= 0.6 is 22.9 Å². The van der Waals surface area contributed by atoms with Crippen molar-refractivity contribution in [2.45, 2.75) is 52.7 Å². The number of nitrogens with one attached hydrogen (secondary N) is 1. The molecule has 1 aliphatic heterocycles. The molecular weight excluding hydrogens is 396 g/mol. The summed E-state index contributed by atoms with van der Waals surface area (Å²) in [6.07, 6.45) is -0.227. The summed E-state index contributed by atoms with van der Waals surface area (Å²) in [5.41, 5.74) is 2.39. The van der Waals surface area contributed by atoms with Crippen LogP contribution in [0.15, 0.2) is 29.3 Å². The molecule has 1 aliphatic rings. The van der Waals surface area contributed by atoms with Crippen LogP contribution in [-0.2, 0) is 14.3 Å². The van der Waals surface area contributed by atoms with Gasteiger partial charge in [-0.05, 0) is 52.3 Å². The summed E-state index contributed by atoms with van der Waals surface area (Å²) in [5.74, 6) is -1.08. The van der Waals surface area contributed by atoms with Crippen molar-refractivity contribution < 1.29 is 15.7 Å². The predicted molar refractivity (Wildman–Crippen MR) is 114 cm³/mol. The van der Waals surface area contributed by atoms with Gasteiger partial charge in [0.05, 0.1) is 12.1 Å². The first-order valence-electron chi connectivity index (χ1n) is 9.41. The van der Waals surface area contributed by atoms with E-state index in [0.717, 1.165) is 26.9 Å². The van der Waals surface area contributed by atoms with E-state index in [9.17, 15) is 9.59 Å². The highest BCUT2D eigenvalue weighted by Gasteiger charge is 2.31. The van der Waals surface area contributed by atoms with E-state index < -0.39 is 23.5 Å². The number of aryl methyl sites for hydroxylation is 1. The molecule has 3 rings (SSSR count). The highest BCUT2D eigenvalue weighted by Crippen LogP contribution is 2.36. The second-order valence-corrected chi connectivity index (χ2v) is 9.34. The van der Waals surface area contributed by atoms with Gasteiger partial charge in [-0.1, -0.05) is 23.7 Å². The topological polar surface area (TPSA) is 67.8 Å². The zero-order valence-electron chi connectivity index (χ0n) is 17.5. The monoisotopic (exact) mass is 419 g/mol. The first-order chi connectivity index (χ1) is 13.5. The first-order valence-corrected chi connectivity index (χ1v) is 10.2. The van der Waals surface area contributed by atoms with Crippen molar-refractivity contribution in [1.29, 1.82) is 0 Å². The quantitative estimate of drug-likeness (QED) is 0.719. The van der Waals surface area contributed by atoms with E-state index in [4.69, 9.17) is 17.7 Å². The zero-order chi connectivity index (χ0) is 21.5. The Morgan fingerprint density at radius 2 is 1.96 bits per heavy atom. The lowest BCUT2D eigenvalue weighted by molar-refractivity contribution is -0.155. The van der Waals surface area contributed by atoms with Crippen molar-refractivity contribution >= 4 is 45.5 Å². The molecule has 28 heavy (non-hydrogen) atoms. The number of esters is 1. The Morgan fingerprint density at radius 1 is 1.32 bits per heavy atom. The van der Waals surface area contributed by atoms with Crippen LogP contribution < -0.4 is 5.31 Å². The number of anilines is 1. The smallest absolute Gasteiger partial charge is 0.309 e. The Kier molecular flexibility index (Phi) is 5.25. The number of carbonyl (C=O) groups excluding carboxylic acids is 2. The van der Waals surface area contributed by atoms with Crippen LogP contribution in [-0.4, -0.2) is 29.2 Å². The van der Waals surface area contributed by atoms with Gasteiger partial charge in [0.15, 0.2) is 1.41 Å². The fraction of sp³-hybridized carbons (Fsp3) is 0.381. The number of rotatable bonds is 3. The minimum Gasteiger partial charge on any atom is -0.460 e. The third-order valence-electron chi connectivity index (χ3n) is 4.28. The number of ether oxygens (including phenoxy) is 1. The van der Waals surface area contributed by atoms with E-state index in [2.05, 4.69) is 4.99 Å². The van der Waals surface area contributed by atoms with Crippen LogP contribution in [0.4, 0.5) is 5.00 Å². The molecular formula is C21H23ClN2O3S. The van der Waals surface area contributed by atoms with E-state index >= 15 is 0 Å². The number of hydrogen-bond donors (Lipinski definition) is 1. The molecule has 7 heteroatoms. The van der Waals surface area contributed by atoms with Crippen LogP contribution in [0.1, 0.15) is 48.8 Å². The van der Waals surface area contributed by atoms with E-state index in [0.29, 0.717) is 15.7 Å². The standard InChI is InChI=1S/C21H23ClN2O3S/c1-11-12(2)28-20-17(11)18(13-6-8-14(22)9-7-13)23-15(19(26)24-20)10-16(25)27-21(3,4)5/h6-9,15H,10H2,1-5H3,(H,24,26)/t15-/m0/s1/i/hD. The van der Waals surface area contributed by atoms with Crippen LogP contribution in [0.3, 0.4) is 0 Å². The lowest BCUT2D eigenvalue weighted by Gasteiger charge is -2.20. The summed E-state index contributed by atoms with van der Waals surface area (Å²) in [5, 5.41) is 1.96. The Bertz CT molecular complexity index is 993. The molecule has 2 heterocycles. The van der Waals surface area contributed by atoms with Gasteiger partial charge in [-0.25, -0.2) is 0 Å². The fourth-order valence-electron chi connectivity index (χ4n) is 2.92. The molecule has 1 atom stereocenters. The van der Waals surface area contributed by atoms with Crippen molar-refractivity contribution in [2.24, 2.45) is 4.99 Å². The van der Waals surface area contributed by atoms with Crippen molar-refractivity contribution in [3.05, 3.63) is 50.9 Å². The van der Waals surface area contributed by atoms with Gasteiger partial charge in [0, 0.05) is 21.0 Å². The maximum atomic E-state index is 13.0. The number of benzene rings is 1. The number of hydrogen-bond acceptors (Lipinski definition) is 5. The Hall–Kier alpha value is -2.18. The minimum atomic E-state index is -1.03. The second kappa shape index (κ2) is 7.68. The molecule has 1 aromatic carbocycles. The van der Waals surface area contributed by atoms with Gasteiger partial charge >= 0.3 is 5.97 Å². The molecule has 1 amide bonds. The number of fused-ring (bicyclic) bond motifs is 1. The van der Waals surface area contributed by atoms with E-state index in [1.54, 1.807) is 32.9 Å². The molecule has 0 saturated carbocycles. The molecule has 0 radical (unpaired) electrons. The molecule has 0 unspecified atom stereocenters. The van der Waals surface area contributed by atoms with E-state index in [1.807, 2.05) is 26.0 Å². The van der Waals surface area contributed by atoms with E-state index in [-0.39, 0.29) is 6.42 Å². The Morgan fingerprint density at radius 3 is 2.57 bits per heavy atom. The average molecular weight is 420 g/mol. The number of aliphatic imine (C=N–C) groups is 1. The number of carbonyl (C=O) groups is 2. The van der Waals surface area contributed by atoms with E-state index in [1.165, 1.54) is 11.3 Å². The molecule has 0 spiro atoms. The lowest BCUT2D eigenvalue weighted by Crippen LogP contribution is -2.31. The summed E-state index contributed by atoms with van der Waals surface area (Å²) in [6, 6.07) is 6.12. The molecule has 0 fully saturated rings. The zero-order valence-corrected chi connectivity index (χ0v) is 18.1. The Balaban J connectivity index is 2.11. The molecule has 148 valence electrons. The van der Waals surface area contributed by atoms with Gasteiger partial charge in [-0.3, -0.25) is 14.6 Å². The van der Waals surface area contributed by atoms with Gasteiger partial charge in [-0.2, -0.15) is 0 Å². The molecule has 0 bridgehead atoms. The van der Waals surface area contributed by atoms with Gasteiger partial charge < -0.3 is 10.0 Å². The second-order valence-electron chi connectivity index (χ2n) is 7.70. The van der Waals surface area contributed by atoms with Crippen molar-refractivity contribution in [2.75, 3.05) is 5.31 Å². The number of amides is 1. The molecule has 1 aromatic heterocycles. The first kappa shape index (κ1) is 19.2. The number of thiophene rings is 1. The summed E-state index contributed by atoms with van der Waals surface area (Å²) in [7, 11) is 0. The third-order valence-corrected chi connectivity index (χ3v) is 5.64. The molecule has 5 nitrogen and oxygen atoms in total. The molecule has 1 N–H and O–H groups in total. The maximum absolute atomic E-state index is 13.0. The van der Waals surface area contributed by atoms with Crippen LogP contribution in [0.25, 0.3) is 0 Å². The van der Waals surface area contributed by atoms with Gasteiger partial charge in [0.2, 0.25) is 5.91 Å². The summed E-state index contributed by atoms with van der Waals surface area (Å²) in [4.78, 5) is 31.0. The lowest BCUT2D eigenvalue weighted by atomic mass is 10.00. The van der Waals surface area contributed by atoms with Gasteiger partial charge in [-0.15, -0.1) is 11.3 Å². The fourth-order valence-corrected chi connectivity index (χ4v) is 4.08. The van der Waals surface area contributed by atoms with Crippen LogP contribution in [0.2, 0.25) is 6.43 Å². The highest BCUT2D eigenvalue weighted by atomic mass is 35.5. The summed E-state index contributed by atoms with van der Waals surface area (Å²) < 4.78 is 13.8. The number of nitrogens with zero attached hydrogens (tertiary/aromatic N) is 1. The van der Waals surface area contributed by atoms with Gasteiger partial charge in [0.1, 0.15) is 16.6 Å². The largest absolute Gasteiger partial charge is 0.460 e. The normalized spacial score (nSPS) is 17.6. The Labute approximate surface area is 175 Å². The van der Waals surface area contributed by atoms with Gasteiger partial charge in [0.25, 0.3) is 0 Å². The molecule has 0 saturated heterocycles. The van der Waals surface area contributed by atoms with Crippen molar-refractivity contribution in [3.8, 4) is 0 Å². The summed E-state index contributed by atoms with van der Waals surface area (Å²) >= 11 is 7.40. The number of halogens is 1.